The monoisotopic (exact) mass is 452 g/mol. The van der Waals surface area contributed by atoms with Gasteiger partial charge in [-0.25, -0.2) is 4.98 Å². The molecule has 0 unspecified atom stereocenters. The van der Waals surface area contributed by atoms with Crippen molar-refractivity contribution in [2.45, 2.75) is 6.42 Å². The molecule has 0 spiro atoms. The predicted octanol–water partition coefficient (Wildman–Crippen LogP) is 5.16. The molecule has 3 aromatic rings. The number of benzene rings is 2. The van der Waals surface area contributed by atoms with Gasteiger partial charge in [-0.05, 0) is 58.5 Å². The first-order valence-corrected chi connectivity index (χ1v) is 9.03. The quantitative estimate of drug-likeness (QED) is 0.511. The summed E-state index contributed by atoms with van der Waals surface area (Å²) in [7, 11) is 5.70. The SMILES string of the molecule is COc1nc2ccc(I)cc2c(Cl)c1Cc1ccc(N(C)C)cc1. The normalized spacial score (nSPS) is 10.9. The maximum absolute atomic E-state index is 6.70. The van der Waals surface area contributed by atoms with Crippen LogP contribution >= 0.6 is 34.2 Å². The van der Waals surface area contributed by atoms with Gasteiger partial charge in [0, 0.05) is 40.7 Å². The van der Waals surface area contributed by atoms with E-state index in [1.54, 1.807) is 7.11 Å². The third-order valence-corrected chi connectivity index (χ3v) is 5.07. The molecular weight excluding hydrogens is 435 g/mol. The molecular formula is C19H18ClIN2O. The van der Waals surface area contributed by atoms with E-state index in [9.17, 15) is 0 Å². The topological polar surface area (TPSA) is 25.4 Å². The number of rotatable bonds is 4. The van der Waals surface area contributed by atoms with Gasteiger partial charge in [-0.2, -0.15) is 0 Å². The molecule has 124 valence electrons. The fourth-order valence-corrected chi connectivity index (χ4v) is 3.44. The summed E-state index contributed by atoms with van der Waals surface area (Å²) in [6.07, 6.45) is 0.685. The van der Waals surface area contributed by atoms with Crippen LogP contribution in [0.2, 0.25) is 5.02 Å². The maximum Gasteiger partial charge on any atom is 0.218 e. The third kappa shape index (κ3) is 3.44. The van der Waals surface area contributed by atoms with Gasteiger partial charge >= 0.3 is 0 Å². The van der Waals surface area contributed by atoms with Gasteiger partial charge in [-0.15, -0.1) is 0 Å². The molecule has 24 heavy (non-hydrogen) atoms. The highest BCUT2D eigenvalue weighted by Gasteiger charge is 2.15. The van der Waals surface area contributed by atoms with Gasteiger partial charge < -0.3 is 9.64 Å². The summed E-state index contributed by atoms with van der Waals surface area (Å²) in [5.74, 6) is 0.588. The number of anilines is 1. The number of pyridine rings is 1. The van der Waals surface area contributed by atoms with E-state index < -0.39 is 0 Å². The summed E-state index contributed by atoms with van der Waals surface area (Å²) in [5, 5.41) is 1.68. The number of halogens is 2. The Morgan fingerprint density at radius 1 is 1.12 bits per heavy atom. The lowest BCUT2D eigenvalue weighted by Gasteiger charge is -2.15. The molecule has 0 saturated heterocycles. The van der Waals surface area contributed by atoms with Crippen LogP contribution in [0.1, 0.15) is 11.1 Å². The largest absolute Gasteiger partial charge is 0.481 e. The van der Waals surface area contributed by atoms with Gasteiger partial charge in [0.15, 0.2) is 0 Å². The number of methoxy groups -OCH3 is 1. The van der Waals surface area contributed by atoms with Crippen LogP contribution in [0.4, 0.5) is 5.69 Å². The van der Waals surface area contributed by atoms with Crippen LogP contribution in [-0.2, 0) is 6.42 Å². The van der Waals surface area contributed by atoms with Crippen LogP contribution in [0.25, 0.3) is 10.9 Å². The third-order valence-electron chi connectivity index (χ3n) is 3.97. The Labute approximate surface area is 160 Å². The van der Waals surface area contributed by atoms with E-state index in [-0.39, 0.29) is 0 Å². The number of ether oxygens (including phenoxy) is 1. The minimum Gasteiger partial charge on any atom is -0.481 e. The molecule has 0 saturated carbocycles. The number of hydrogen-bond acceptors (Lipinski definition) is 3. The molecule has 0 aliphatic rings. The van der Waals surface area contributed by atoms with Gasteiger partial charge in [-0.3, -0.25) is 0 Å². The molecule has 1 heterocycles. The fraction of sp³-hybridized carbons (Fsp3) is 0.211. The molecule has 2 aromatic carbocycles. The van der Waals surface area contributed by atoms with E-state index in [2.05, 4.69) is 62.8 Å². The lowest BCUT2D eigenvalue weighted by molar-refractivity contribution is 0.395. The average Bonchev–Trinajstić information content (AvgIpc) is 2.58. The van der Waals surface area contributed by atoms with Crippen LogP contribution in [0.5, 0.6) is 5.88 Å². The highest BCUT2D eigenvalue weighted by Crippen LogP contribution is 2.34. The Balaban J connectivity index is 2.05. The summed E-state index contributed by atoms with van der Waals surface area (Å²) < 4.78 is 6.63. The summed E-state index contributed by atoms with van der Waals surface area (Å²) in [5.41, 5.74) is 4.12. The molecule has 0 bridgehead atoms. The van der Waals surface area contributed by atoms with E-state index >= 15 is 0 Å². The van der Waals surface area contributed by atoms with Crippen LogP contribution in [0, 0.1) is 3.57 Å². The first kappa shape index (κ1) is 17.3. The van der Waals surface area contributed by atoms with E-state index in [0.29, 0.717) is 17.3 Å². The molecule has 0 radical (unpaired) electrons. The van der Waals surface area contributed by atoms with Crippen molar-refractivity contribution in [3.8, 4) is 5.88 Å². The Kier molecular flexibility index (Phi) is 5.15. The van der Waals surface area contributed by atoms with E-state index in [4.69, 9.17) is 16.3 Å². The lowest BCUT2D eigenvalue weighted by atomic mass is 10.0. The second kappa shape index (κ2) is 7.15. The van der Waals surface area contributed by atoms with Crippen LogP contribution < -0.4 is 9.64 Å². The van der Waals surface area contributed by atoms with Crippen molar-refractivity contribution in [3.63, 3.8) is 0 Å². The zero-order chi connectivity index (χ0) is 17.3. The number of hydrogen-bond donors (Lipinski definition) is 0. The Bertz CT molecular complexity index is 879. The Hall–Kier alpha value is -1.53. The molecule has 0 atom stereocenters. The van der Waals surface area contributed by atoms with Gasteiger partial charge in [0.1, 0.15) is 0 Å². The minimum atomic E-state index is 0.588. The summed E-state index contributed by atoms with van der Waals surface area (Å²) >= 11 is 8.98. The molecule has 0 fully saturated rings. The molecule has 0 amide bonds. The van der Waals surface area contributed by atoms with Crippen molar-refractivity contribution in [2.24, 2.45) is 0 Å². The average molecular weight is 453 g/mol. The number of nitrogens with zero attached hydrogens (tertiary/aromatic N) is 2. The zero-order valence-electron chi connectivity index (χ0n) is 13.8. The highest BCUT2D eigenvalue weighted by molar-refractivity contribution is 14.1. The molecule has 0 aliphatic heterocycles. The molecule has 3 nitrogen and oxygen atoms in total. The molecule has 1 aromatic heterocycles. The van der Waals surface area contributed by atoms with Crippen molar-refractivity contribution in [3.05, 3.63) is 62.2 Å². The first-order chi connectivity index (χ1) is 11.5. The Morgan fingerprint density at radius 2 is 1.83 bits per heavy atom. The lowest BCUT2D eigenvalue weighted by Crippen LogP contribution is -2.08. The van der Waals surface area contributed by atoms with Gasteiger partial charge in [0.05, 0.1) is 17.6 Å². The van der Waals surface area contributed by atoms with Gasteiger partial charge in [0.25, 0.3) is 0 Å². The van der Waals surface area contributed by atoms with Crippen molar-refractivity contribution in [2.75, 3.05) is 26.1 Å². The summed E-state index contributed by atoms with van der Waals surface area (Å²) in [6.45, 7) is 0. The van der Waals surface area contributed by atoms with E-state index in [1.807, 2.05) is 26.2 Å². The van der Waals surface area contributed by atoms with Crippen LogP contribution in [0.3, 0.4) is 0 Å². The highest BCUT2D eigenvalue weighted by atomic mass is 127. The van der Waals surface area contributed by atoms with Crippen LogP contribution in [-0.4, -0.2) is 26.2 Å². The number of fused-ring (bicyclic) bond motifs is 1. The minimum absolute atomic E-state index is 0.588. The van der Waals surface area contributed by atoms with Crippen molar-refractivity contribution < 1.29 is 4.74 Å². The fourth-order valence-electron chi connectivity index (χ4n) is 2.65. The Morgan fingerprint density at radius 3 is 2.46 bits per heavy atom. The zero-order valence-corrected chi connectivity index (χ0v) is 16.7. The van der Waals surface area contributed by atoms with E-state index in [0.717, 1.165) is 20.0 Å². The van der Waals surface area contributed by atoms with Crippen LogP contribution in [0.15, 0.2) is 42.5 Å². The second-order valence-corrected chi connectivity index (χ2v) is 7.44. The molecule has 0 N–H and O–H groups in total. The van der Waals surface area contributed by atoms with Gasteiger partial charge in [-0.1, -0.05) is 23.7 Å². The van der Waals surface area contributed by atoms with Crippen molar-refractivity contribution >= 4 is 50.8 Å². The van der Waals surface area contributed by atoms with Crippen molar-refractivity contribution in [1.82, 2.24) is 4.98 Å². The molecule has 3 rings (SSSR count). The van der Waals surface area contributed by atoms with E-state index in [1.165, 1.54) is 11.3 Å². The molecule has 0 aliphatic carbocycles. The maximum atomic E-state index is 6.70. The first-order valence-electron chi connectivity index (χ1n) is 7.57. The summed E-state index contributed by atoms with van der Waals surface area (Å²) in [6, 6.07) is 14.5. The van der Waals surface area contributed by atoms with Crippen molar-refractivity contribution in [1.29, 1.82) is 0 Å². The smallest absolute Gasteiger partial charge is 0.218 e. The summed E-state index contributed by atoms with van der Waals surface area (Å²) in [4.78, 5) is 6.70. The predicted molar refractivity (Wildman–Crippen MR) is 110 cm³/mol. The standard InChI is InChI=1S/C19H18ClIN2O/c1-23(2)14-7-4-12(5-8-14)10-16-18(20)15-11-13(21)6-9-17(15)22-19(16)24-3/h4-9,11H,10H2,1-3H3. The molecule has 5 heteroatoms. The number of aromatic nitrogens is 1. The van der Waals surface area contributed by atoms with Gasteiger partial charge in [0.2, 0.25) is 5.88 Å². The second-order valence-electron chi connectivity index (χ2n) is 5.81.